The van der Waals surface area contributed by atoms with Gasteiger partial charge < -0.3 is 4.74 Å². The van der Waals surface area contributed by atoms with Crippen molar-refractivity contribution in [2.24, 2.45) is 0 Å². The Morgan fingerprint density at radius 2 is 2.14 bits per heavy atom. The molecule has 2 rings (SSSR count). The van der Waals surface area contributed by atoms with E-state index in [9.17, 15) is 9.18 Å². The van der Waals surface area contributed by atoms with Crippen molar-refractivity contribution in [1.29, 1.82) is 0 Å². The average molecular weight is 290 g/mol. The molecular formula is C14H15FN4O2. The van der Waals surface area contributed by atoms with Gasteiger partial charge in [-0.3, -0.25) is 0 Å². The molecule has 1 heterocycles. The fourth-order valence-corrected chi connectivity index (χ4v) is 1.63. The Hall–Kier alpha value is -2.57. The number of carbonyl (C=O) groups is 1. The van der Waals surface area contributed by atoms with Gasteiger partial charge in [-0.1, -0.05) is 19.1 Å². The number of nitrogens with zero attached hydrogens (tertiary/aromatic N) is 4. The van der Waals surface area contributed by atoms with Crippen molar-refractivity contribution in [2.45, 2.75) is 26.5 Å². The quantitative estimate of drug-likeness (QED) is 0.601. The van der Waals surface area contributed by atoms with E-state index in [1.54, 1.807) is 22.9 Å². The van der Waals surface area contributed by atoms with Gasteiger partial charge in [0.15, 0.2) is 12.4 Å². The maximum atomic E-state index is 12.7. The third-order valence-electron chi connectivity index (χ3n) is 2.67. The molecule has 0 aliphatic rings. The summed E-state index contributed by atoms with van der Waals surface area (Å²) in [4.78, 5) is 11.6. The van der Waals surface area contributed by atoms with Gasteiger partial charge in [0.2, 0.25) is 0 Å². The number of carbonyl (C=O) groups excluding carboxylic acids is 1. The van der Waals surface area contributed by atoms with Crippen LogP contribution in [-0.2, 0) is 22.7 Å². The summed E-state index contributed by atoms with van der Waals surface area (Å²) in [6, 6.07) is 5.79. The molecule has 0 aliphatic carbocycles. The average Bonchev–Trinajstić information content (AvgIpc) is 2.92. The molecule has 0 atom stereocenters. The standard InChI is InChI=1S/C14H15FN4O2/c1-2-9-19-13(16-17-18-19)10-21-14(20)8-5-11-3-6-12(15)7-4-11/h3-8H,2,9-10H2,1H3/b8-5+. The van der Waals surface area contributed by atoms with E-state index in [2.05, 4.69) is 15.5 Å². The van der Waals surface area contributed by atoms with E-state index >= 15 is 0 Å². The van der Waals surface area contributed by atoms with Crippen LogP contribution in [0.5, 0.6) is 0 Å². The first-order valence-electron chi connectivity index (χ1n) is 6.54. The molecule has 21 heavy (non-hydrogen) atoms. The van der Waals surface area contributed by atoms with Gasteiger partial charge in [0, 0.05) is 12.6 Å². The molecule has 1 aromatic heterocycles. The lowest BCUT2D eigenvalue weighted by Crippen LogP contribution is -2.09. The number of aromatic nitrogens is 4. The number of esters is 1. The molecular weight excluding hydrogens is 275 g/mol. The molecule has 2 aromatic rings. The van der Waals surface area contributed by atoms with Crippen LogP contribution in [0, 0.1) is 5.82 Å². The van der Waals surface area contributed by atoms with Crippen LogP contribution < -0.4 is 0 Å². The normalized spacial score (nSPS) is 11.0. The van der Waals surface area contributed by atoms with Gasteiger partial charge in [0.05, 0.1) is 0 Å². The van der Waals surface area contributed by atoms with Crippen LogP contribution >= 0.6 is 0 Å². The van der Waals surface area contributed by atoms with Crippen LogP contribution in [0.25, 0.3) is 6.08 Å². The van der Waals surface area contributed by atoms with Gasteiger partial charge in [-0.15, -0.1) is 5.10 Å². The van der Waals surface area contributed by atoms with Crippen molar-refractivity contribution < 1.29 is 13.9 Å². The molecule has 6 nitrogen and oxygen atoms in total. The molecule has 0 unspecified atom stereocenters. The highest BCUT2D eigenvalue weighted by Crippen LogP contribution is 2.05. The molecule has 0 bridgehead atoms. The van der Waals surface area contributed by atoms with Crippen molar-refractivity contribution in [2.75, 3.05) is 0 Å². The Bertz CT molecular complexity index is 622. The second-order valence-corrected chi connectivity index (χ2v) is 4.31. The Kier molecular flexibility index (Phi) is 5.14. The van der Waals surface area contributed by atoms with Gasteiger partial charge in [0.1, 0.15) is 5.82 Å². The lowest BCUT2D eigenvalue weighted by molar-refractivity contribution is -0.139. The largest absolute Gasteiger partial charge is 0.454 e. The van der Waals surface area contributed by atoms with Crippen LogP contribution in [0.3, 0.4) is 0 Å². The SMILES string of the molecule is CCCn1nnnc1COC(=O)/C=C/c1ccc(F)cc1. The Labute approximate surface area is 121 Å². The number of ether oxygens (including phenoxy) is 1. The van der Waals surface area contributed by atoms with Crippen LogP contribution in [0.2, 0.25) is 0 Å². The molecule has 0 saturated heterocycles. The Morgan fingerprint density at radius 1 is 1.38 bits per heavy atom. The highest BCUT2D eigenvalue weighted by Gasteiger charge is 2.07. The molecule has 110 valence electrons. The number of hydrogen-bond acceptors (Lipinski definition) is 5. The van der Waals surface area contributed by atoms with Crippen LogP contribution in [-0.4, -0.2) is 26.2 Å². The molecule has 0 aliphatic heterocycles. The summed E-state index contributed by atoms with van der Waals surface area (Å²) >= 11 is 0. The molecule has 0 N–H and O–H groups in total. The number of rotatable bonds is 6. The fourth-order valence-electron chi connectivity index (χ4n) is 1.63. The highest BCUT2D eigenvalue weighted by atomic mass is 19.1. The second kappa shape index (κ2) is 7.28. The van der Waals surface area contributed by atoms with Gasteiger partial charge in [-0.25, -0.2) is 13.9 Å². The van der Waals surface area contributed by atoms with E-state index < -0.39 is 5.97 Å². The van der Waals surface area contributed by atoms with E-state index in [-0.39, 0.29) is 12.4 Å². The minimum absolute atomic E-state index is 0.0135. The molecule has 1 aromatic carbocycles. The van der Waals surface area contributed by atoms with Crippen molar-refractivity contribution in [3.05, 3.63) is 47.5 Å². The van der Waals surface area contributed by atoms with Crippen LogP contribution in [0.15, 0.2) is 30.3 Å². The van der Waals surface area contributed by atoms with Gasteiger partial charge in [-0.05, 0) is 40.6 Å². The number of hydrogen-bond donors (Lipinski definition) is 0. The smallest absolute Gasteiger partial charge is 0.331 e. The zero-order valence-electron chi connectivity index (χ0n) is 11.6. The molecule has 0 spiro atoms. The first kappa shape index (κ1) is 14.8. The first-order chi connectivity index (χ1) is 10.2. The van der Waals surface area contributed by atoms with E-state index in [0.717, 1.165) is 6.42 Å². The summed E-state index contributed by atoms with van der Waals surface area (Å²) in [7, 11) is 0. The van der Waals surface area contributed by atoms with Gasteiger partial charge >= 0.3 is 5.97 Å². The summed E-state index contributed by atoms with van der Waals surface area (Å²) in [5, 5.41) is 11.1. The van der Waals surface area contributed by atoms with Crippen molar-refractivity contribution in [3.8, 4) is 0 Å². The van der Waals surface area contributed by atoms with E-state index in [1.807, 2.05) is 6.92 Å². The monoisotopic (exact) mass is 290 g/mol. The third kappa shape index (κ3) is 4.48. The van der Waals surface area contributed by atoms with Gasteiger partial charge in [0.25, 0.3) is 0 Å². The predicted octanol–water partition coefficient (Wildman–Crippen LogP) is 1.98. The predicted molar refractivity (Wildman–Crippen MR) is 73.3 cm³/mol. The summed E-state index contributed by atoms with van der Waals surface area (Å²) in [6.45, 7) is 2.69. The minimum atomic E-state index is -0.509. The topological polar surface area (TPSA) is 69.9 Å². The zero-order valence-corrected chi connectivity index (χ0v) is 11.6. The Morgan fingerprint density at radius 3 is 2.86 bits per heavy atom. The fraction of sp³-hybridized carbons (Fsp3) is 0.286. The maximum Gasteiger partial charge on any atom is 0.331 e. The van der Waals surface area contributed by atoms with Gasteiger partial charge in [-0.2, -0.15) is 0 Å². The number of halogens is 1. The molecule has 0 radical (unpaired) electrons. The molecule has 0 amide bonds. The molecule has 0 saturated carbocycles. The van der Waals surface area contributed by atoms with Crippen molar-refractivity contribution in [1.82, 2.24) is 20.2 Å². The number of aryl methyl sites for hydroxylation is 1. The summed E-state index contributed by atoms with van der Waals surface area (Å²) in [5.74, 6) is -0.330. The number of tetrazole rings is 1. The van der Waals surface area contributed by atoms with Crippen LogP contribution in [0.1, 0.15) is 24.7 Å². The minimum Gasteiger partial charge on any atom is -0.454 e. The second-order valence-electron chi connectivity index (χ2n) is 4.31. The summed E-state index contributed by atoms with van der Waals surface area (Å²) < 4.78 is 19.4. The maximum absolute atomic E-state index is 12.7. The lowest BCUT2D eigenvalue weighted by Gasteiger charge is -2.02. The summed E-state index contributed by atoms with van der Waals surface area (Å²) in [6.07, 6.45) is 3.72. The van der Waals surface area contributed by atoms with Crippen LogP contribution in [0.4, 0.5) is 4.39 Å². The third-order valence-corrected chi connectivity index (χ3v) is 2.67. The summed E-state index contributed by atoms with van der Waals surface area (Å²) in [5.41, 5.74) is 0.712. The van der Waals surface area contributed by atoms with E-state index in [0.29, 0.717) is 17.9 Å². The Balaban J connectivity index is 1.87. The first-order valence-corrected chi connectivity index (χ1v) is 6.54. The lowest BCUT2D eigenvalue weighted by atomic mass is 10.2. The molecule has 0 fully saturated rings. The van der Waals surface area contributed by atoms with Crippen molar-refractivity contribution in [3.63, 3.8) is 0 Å². The molecule has 7 heteroatoms. The van der Waals surface area contributed by atoms with E-state index in [4.69, 9.17) is 4.74 Å². The zero-order chi connectivity index (χ0) is 15.1. The number of benzene rings is 1. The van der Waals surface area contributed by atoms with Crippen molar-refractivity contribution >= 4 is 12.0 Å². The highest BCUT2D eigenvalue weighted by molar-refractivity contribution is 5.86. The van der Waals surface area contributed by atoms with E-state index in [1.165, 1.54) is 18.2 Å².